The van der Waals surface area contributed by atoms with Crippen molar-refractivity contribution in [1.29, 1.82) is 0 Å². The number of ether oxygens (including phenoxy) is 2. The van der Waals surface area contributed by atoms with Gasteiger partial charge in [0.15, 0.2) is 9.96 Å². The number of sulfonamides is 1. The highest BCUT2D eigenvalue weighted by atomic mass is 35.5. The Morgan fingerprint density at radius 2 is 1.95 bits per heavy atom. The summed E-state index contributed by atoms with van der Waals surface area (Å²) in [6.07, 6.45) is 0. The maximum Gasteiger partial charge on any atom is 0.348 e. The summed E-state index contributed by atoms with van der Waals surface area (Å²) in [5, 5.41) is 3.09. The van der Waals surface area contributed by atoms with E-state index in [1.807, 2.05) is 0 Å². The second kappa shape index (κ2) is 7.41. The van der Waals surface area contributed by atoms with E-state index in [0.29, 0.717) is 26.2 Å². The van der Waals surface area contributed by atoms with Crippen molar-refractivity contribution < 1.29 is 22.7 Å². The summed E-state index contributed by atoms with van der Waals surface area (Å²) in [7, 11) is -1.02. The molecule has 0 radical (unpaired) electrons. The van der Waals surface area contributed by atoms with Crippen molar-refractivity contribution in [2.24, 2.45) is 0 Å². The first-order valence-electron chi connectivity index (χ1n) is 5.97. The summed E-state index contributed by atoms with van der Waals surface area (Å²) >= 11 is 0.868. The van der Waals surface area contributed by atoms with Gasteiger partial charge in [0.2, 0.25) is 0 Å². The number of hydrogen-bond donors (Lipinski definition) is 1. The Balaban J connectivity index is 0.00000220. The maximum atomic E-state index is 12.6. The predicted octanol–water partition coefficient (Wildman–Crippen LogP) is 0.559. The lowest BCUT2D eigenvalue weighted by atomic mass is 10.4. The van der Waals surface area contributed by atoms with E-state index in [2.05, 4.69) is 10.1 Å². The quantitative estimate of drug-likeness (QED) is 0.793. The molecule has 0 spiro atoms. The van der Waals surface area contributed by atoms with Gasteiger partial charge in [-0.25, -0.2) is 13.2 Å². The second-order valence-corrected chi connectivity index (χ2v) is 7.30. The normalized spacial score (nSPS) is 16.1. The van der Waals surface area contributed by atoms with Gasteiger partial charge in [0.25, 0.3) is 10.0 Å². The van der Waals surface area contributed by atoms with Crippen LogP contribution in [0.2, 0.25) is 0 Å². The van der Waals surface area contributed by atoms with Crippen molar-refractivity contribution in [3.8, 4) is 5.75 Å². The van der Waals surface area contributed by atoms with E-state index >= 15 is 0 Å². The van der Waals surface area contributed by atoms with E-state index in [1.165, 1.54) is 24.6 Å². The third-order valence-corrected chi connectivity index (χ3v) is 6.41. The van der Waals surface area contributed by atoms with Gasteiger partial charge in [0, 0.05) is 32.2 Å². The number of hydrogen-bond acceptors (Lipinski definition) is 7. The van der Waals surface area contributed by atoms with Crippen LogP contribution in [0, 0.1) is 0 Å². The molecule has 1 aliphatic heterocycles. The largest absolute Gasteiger partial charge is 0.494 e. The van der Waals surface area contributed by atoms with Gasteiger partial charge in [-0.05, 0) is 0 Å². The van der Waals surface area contributed by atoms with Crippen LogP contribution in [0.3, 0.4) is 0 Å². The molecule has 21 heavy (non-hydrogen) atoms. The van der Waals surface area contributed by atoms with E-state index < -0.39 is 16.0 Å². The first kappa shape index (κ1) is 18.2. The number of piperazine rings is 1. The van der Waals surface area contributed by atoms with Gasteiger partial charge in [-0.2, -0.15) is 4.31 Å². The highest BCUT2D eigenvalue weighted by Gasteiger charge is 2.32. The van der Waals surface area contributed by atoms with Crippen molar-refractivity contribution in [2.45, 2.75) is 4.21 Å². The number of nitrogens with one attached hydrogen (secondary N) is 1. The molecule has 1 aromatic heterocycles. The highest BCUT2D eigenvalue weighted by Crippen LogP contribution is 2.35. The SMILES string of the molecule is COC(=O)c1cc(OC)c(S(=O)(=O)N2CCNCC2)s1.Cl. The van der Waals surface area contributed by atoms with Crippen LogP contribution >= 0.6 is 23.7 Å². The van der Waals surface area contributed by atoms with Gasteiger partial charge in [-0.3, -0.25) is 0 Å². The van der Waals surface area contributed by atoms with Crippen LogP contribution in [-0.2, 0) is 14.8 Å². The summed E-state index contributed by atoms with van der Waals surface area (Å²) in [5.41, 5.74) is 0. The van der Waals surface area contributed by atoms with Gasteiger partial charge in [-0.15, -0.1) is 23.7 Å². The van der Waals surface area contributed by atoms with Gasteiger partial charge in [0.1, 0.15) is 4.88 Å². The molecule has 0 aromatic carbocycles. The summed E-state index contributed by atoms with van der Waals surface area (Å²) < 4.78 is 36.3. The maximum absolute atomic E-state index is 12.6. The number of carbonyl (C=O) groups excluding carboxylic acids is 1. The molecule has 0 saturated carbocycles. The van der Waals surface area contributed by atoms with Gasteiger partial charge < -0.3 is 14.8 Å². The second-order valence-electron chi connectivity index (χ2n) is 4.11. The molecule has 2 heterocycles. The monoisotopic (exact) mass is 356 g/mol. The minimum atomic E-state index is -3.65. The van der Waals surface area contributed by atoms with Crippen molar-refractivity contribution in [3.05, 3.63) is 10.9 Å². The number of esters is 1. The van der Waals surface area contributed by atoms with Crippen molar-refractivity contribution in [1.82, 2.24) is 9.62 Å². The van der Waals surface area contributed by atoms with Crippen LogP contribution < -0.4 is 10.1 Å². The minimum absolute atomic E-state index is 0. The number of halogens is 1. The van der Waals surface area contributed by atoms with Gasteiger partial charge in [-0.1, -0.05) is 0 Å². The third kappa shape index (κ3) is 3.67. The molecule has 0 aliphatic carbocycles. The Hall–Kier alpha value is -0.870. The first-order chi connectivity index (χ1) is 9.50. The van der Waals surface area contributed by atoms with Crippen LogP contribution in [-0.4, -0.2) is 59.1 Å². The number of methoxy groups -OCH3 is 2. The molecule has 2 rings (SSSR count). The summed E-state index contributed by atoms with van der Waals surface area (Å²) in [6, 6.07) is 1.39. The number of nitrogens with zero attached hydrogens (tertiary/aromatic N) is 1. The number of rotatable bonds is 4. The molecule has 1 aliphatic rings. The van der Waals surface area contributed by atoms with Crippen LogP contribution in [0.1, 0.15) is 9.67 Å². The smallest absolute Gasteiger partial charge is 0.348 e. The van der Waals surface area contributed by atoms with E-state index in [9.17, 15) is 13.2 Å². The molecule has 120 valence electrons. The average Bonchev–Trinajstić information content (AvgIpc) is 2.92. The lowest BCUT2D eigenvalue weighted by Gasteiger charge is -2.26. The standard InChI is InChI=1S/C11H16N2O5S2.ClH/c1-17-8-7-9(10(14)18-2)19-11(8)20(15,16)13-5-3-12-4-6-13;/h7,12H,3-6H2,1-2H3;1H. The fraction of sp³-hybridized carbons (Fsp3) is 0.545. The Morgan fingerprint density at radius 3 is 2.48 bits per heavy atom. The van der Waals surface area contributed by atoms with Crippen molar-refractivity contribution in [3.63, 3.8) is 0 Å². The zero-order valence-electron chi connectivity index (χ0n) is 11.6. The highest BCUT2D eigenvalue weighted by molar-refractivity contribution is 7.91. The lowest BCUT2D eigenvalue weighted by Crippen LogP contribution is -2.46. The lowest BCUT2D eigenvalue weighted by molar-refractivity contribution is 0.0606. The zero-order chi connectivity index (χ0) is 14.8. The first-order valence-corrected chi connectivity index (χ1v) is 8.23. The Labute approximate surface area is 133 Å². The number of carbonyl (C=O) groups is 1. The summed E-state index contributed by atoms with van der Waals surface area (Å²) in [5.74, 6) is -0.399. The average molecular weight is 357 g/mol. The van der Waals surface area contributed by atoms with Crippen LogP contribution in [0.5, 0.6) is 5.75 Å². The van der Waals surface area contributed by atoms with E-state index in [0.717, 1.165) is 11.3 Å². The molecule has 0 amide bonds. The zero-order valence-corrected chi connectivity index (χ0v) is 14.1. The fourth-order valence-electron chi connectivity index (χ4n) is 1.88. The molecule has 7 nitrogen and oxygen atoms in total. The molecule has 1 fully saturated rings. The summed E-state index contributed by atoms with van der Waals surface area (Å²) in [4.78, 5) is 11.7. The Kier molecular flexibility index (Phi) is 6.41. The molecule has 0 bridgehead atoms. The molecule has 0 atom stereocenters. The molecule has 1 saturated heterocycles. The number of thiophene rings is 1. The fourth-order valence-corrected chi connectivity index (χ4v) is 4.96. The van der Waals surface area contributed by atoms with E-state index in [4.69, 9.17) is 4.74 Å². The topological polar surface area (TPSA) is 84.9 Å². The molecular weight excluding hydrogens is 340 g/mol. The van der Waals surface area contributed by atoms with Crippen LogP contribution in [0.15, 0.2) is 10.3 Å². The molecule has 10 heteroatoms. The van der Waals surface area contributed by atoms with E-state index in [1.54, 1.807) is 0 Å². The van der Waals surface area contributed by atoms with Gasteiger partial charge >= 0.3 is 5.97 Å². The molecule has 1 N–H and O–H groups in total. The molecule has 1 aromatic rings. The molecular formula is C11H17ClN2O5S2. The van der Waals surface area contributed by atoms with Crippen LogP contribution in [0.25, 0.3) is 0 Å². The van der Waals surface area contributed by atoms with E-state index in [-0.39, 0.29) is 27.2 Å². The van der Waals surface area contributed by atoms with Crippen molar-refractivity contribution >= 4 is 39.7 Å². The molecule has 0 unspecified atom stereocenters. The van der Waals surface area contributed by atoms with Crippen LogP contribution in [0.4, 0.5) is 0 Å². The van der Waals surface area contributed by atoms with Crippen molar-refractivity contribution in [2.75, 3.05) is 40.4 Å². The predicted molar refractivity (Wildman–Crippen MR) is 81.1 cm³/mol. The Morgan fingerprint density at radius 1 is 1.33 bits per heavy atom. The Bertz CT molecular complexity index is 596. The van der Waals surface area contributed by atoms with Gasteiger partial charge in [0.05, 0.1) is 14.2 Å². The third-order valence-electron chi connectivity index (χ3n) is 2.92. The minimum Gasteiger partial charge on any atom is -0.494 e. The summed E-state index contributed by atoms with van der Waals surface area (Å²) in [6.45, 7) is 2.02.